The summed E-state index contributed by atoms with van der Waals surface area (Å²) in [6, 6.07) is 10.7. The van der Waals surface area contributed by atoms with Crippen molar-refractivity contribution in [1.29, 1.82) is 0 Å². The number of thiazole rings is 1. The van der Waals surface area contributed by atoms with Gasteiger partial charge in [0.1, 0.15) is 0 Å². The molecular weight excluding hydrogens is 398 g/mol. The quantitative estimate of drug-likeness (QED) is 0.476. The van der Waals surface area contributed by atoms with Crippen molar-refractivity contribution in [2.75, 3.05) is 4.90 Å². The number of fused-ring (bicyclic) bond motifs is 1. The van der Waals surface area contributed by atoms with Crippen LogP contribution < -0.4 is 9.70 Å². The summed E-state index contributed by atoms with van der Waals surface area (Å²) in [6.45, 7) is 8.46. The Morgan fingerprint density at radius 2 is 1.83 bits per heavy atom. The number of hydrogen-bond donors (Lipinski definition) is 0. The number of hydrogen-bond acceptors (Lipinski definition) is 4. The van der Waals surface area contributed by atoms with Crippen molar-refractivity contribution >= 4 is 45.0 Å². The van der Waals surface area contributed by atoms with Gasteiger partial charge in [0.25, 0.3) is 5.91 Å². The Balaban J connectivity index is 1.78. The number of imide groups is 1. The fourth-order valence-corrected chi connectivity index (χ4v) is 4.62. The second kappa shape index (κ2) is 7.84. The number of allylic oxidation sites excluding steroid dienone is 1. The smallest absolute Gasteiger partial charge is 0.279 e. The maximum Gasteiger partial charge on any atom is 0.279 e. The molecule has 4 rings (SSSR count). The number of carbonyl (C=O) groups is 3. The fraction of sp³-hybridized carbons (Fsp3) is 0.217. The molecular formula is C23H21N3O3S. The molecule has 0 radical (unpaired) electrons. The van der Waals surface area contributed by atoms with Crippen LogP contribution in [0.2, 0.25) is 0 Å². The van der Waals surface area contributed by atoms with Crippen molar-refractivity contribution in [3.63, 3.8) is 0 Å². The van der Waals surface area contributed by atoms with Crippen LogP contribution in [-0.4, -0.2) is 22.3 Å². The van der Waals surface area contributed by atoms with Crippen LogP contribution in [0.15, 0.2) is 54.0 Å². The first-order valence-electron chi connectivity index (χ1n) is 9.65. The van der Waals surface area contributed by atoms with E-state index in [0.717, 1.165) is 15.1 Å². The van der Waals surface area contributed by atoms with Crippen LogP contribution in [0.4, 0.5) is 5.69 Å². The van der Waals surface area contributed by atoms with Gasteiger partial charge in [0, 0.05) is 24.9 Å². The number of benzene rings is 2. The molecule has 3 aromatic rings. The third-order valence-corrected chi connectivity index (χ3v) is 6.25. The van der Waals surface area contributed by atoms with E-state index in [1.165, 1.54) is 22.5 Å². The van der Waals surface area contributed by atoms with E-state index in [4.69, 9.17) is 0 Å². The van der Waals surface area contributed by atoms with Gasteiger partial charge in [-0.3, -0.25) is 19.3 Å². The van der Waals surface area contributed by atoms with Gasteiger partial charge < -0.3 is 4.57 Å². The summed E-state index contributed by atoms with van der Waals surface area (Å²) in [5.74, 6) is -0.921. The molecule has 0 atom stereocenters. The van der Waals surface area contributed by atoms with Crippen molar-refractivity contribution in [3.05, 3.63) is 70.5 Å². The fourth-order valence-electron chi connectivity index (χ4n) is 3.51. The van der Waals surface area contributed by atoms with Gasteiger partial charge in [-0.25, -0.2) is 0 Å². The second-order valence-electron chi connectivity index (χ2n) is 7.28. The Bertz CT molecular complexity index is 1270. The van der Waals surface area contributed by atoms with E-state index < -0.39 is 5.91 Å². The molecule has 0 N–H and O–H groups in total. The molecule has 0 aliphatic carbocycles. The molecule has 3 amide bonds. The minimum absolute atomic E-state index is 0.198. The third-order valence-electron chi connectivity index (χ3n) is 5.21. The lowest BCUT2D eigenvalue weighted by molar-refractivity contribution is -0.121. The predicted octanol–water partition coefficient (Wildman–Crippen LogP) is 3.90. The highest BCUT2D eigenvalue weighted by atomic mass is 32.1. The highest BCUT2D eigenvalue weighted by Crippen LogP contribution is 2.24. The lowest BCUT2D eigenvalue weighted by Crippen LogP contribution is -2.28. The first-order valence-corrected chi connectivity index (χ1v) is 10.5. The molecule has 0 bridgehead atoms. The first-order chi connectivity index (χ1) is 14.4. The molecule has 1 saturated heterocycles. The molecule has 1 aliphatic rings. The van der Waals surface area contributed by atoms with Gasteiger partial charge in [0.2, 0.25) is 11.8 Å². The van der Waals surface area contributed by atoms with Crippen molar-refractivity contribution < 1.29 is 14.4 Å². The van der Waals surface area contributed by atoms with Gasteiger partial charge in [0.15, 0.2) is 4.80 Å². The molecule has 1 fully saturated rings. The maximum absolute atomic E-state index is 12.9. The van der Waals surface area contributed by atoms with Crippen molar-refractivity contribution in [2.24, 2.45) is 4.99 Å². The van der Waals surface area contributed by atoms with Gasteiger partial charge in [-0.2, -0.15) is 4.99 Å². The molecule has 6 nitrogen and oxygen atoms in total. The van der Waals surface area contributed by atoms with Crippen LogP contribution in [0.3, 0.4) is 0 Å². The number of amides is 3. The summed E-state index contributed by atoms with van der Waals surface area (Å²) < 4.78 is 3.02. The summed E-state index contributed by atoms with van der Waals surface area (Å²) in [5.41, 5.74) is 4.10. The SMILES string of the molecule is C=CCn1c(=NC(=O)c2cccc(N3C(=O)CCC3=O)c2)sc2cc(C)c(C)cc21. The third kappa shape index (κ3) is 3.52. The monoisotopic (exact) mass is 419 g/mol. The van der Waals surface area contributed by atoms with Gasteiger partial charge in [0.05, 0.1) is 15.9 Å². The molecule has 30 heavy (non-hydrogen) atoms. The molecule has 1 aliphatic heterocycles. The Kier molecular flexibility index (Phi) is 5.22. The summed E-state index contributed by atoms with van der Waals surface area (Å²) in [4.78, 5) is 43.0. The lowest BCUT2D eigenvalue weighted by Gasteiger charge is -2.14. The molecule has 152 valence electrons. The highest BCUT2D eigenvalue weighted by molar-refractivity contribution is 7.16. The largest absolute Gasteiger partial charge is 0.312 e. The molecule has 0 unspecified atom stereocenters. The molecule has 0 spiro atoms. The van der Waals surface area contributed by atoms with Crippen LogP contribution >= 0.6 is 11.3 Å². The lowest BCUT2D eigenvalue weighted by atomic mass is 10.1. The van der Waals surface area contributed by atoms with E-state index in [1.807, 2.05) is 4.57 Å². The normalized spacial score (nSPS) is 14.7. The van der Waals surface area contributed by atoms with E-state index in [9.17, 15) is 14.4 Å². The zero-order valence-corrected chi connectivity index (χ0v) is 17.7. The summed E-state index contributed by atoms with van der Waals surface area (Å²) in [6.07, 6.45) is 2.17. The number of rotatable bonds is 4. The van der Waals surface area contributed by atoms with E-state index in [-0.39, 0.29) is 24.7 Å². The minimum Gasteiger partial charge on any atom is -0.312 e. The van der Waals surface area contributed by atoms with Gasteiger partial charge >= 0.3 is 0 Å². The molecule has 1 aromatic heterocycles. The maximum atomic E-state index is 12.9. The Morgan fingerprint density at radius 3 is 2.53 bits per heavy atom. The number of aryl methyl sites for hydroxylation is 2. The molecule has 2 heterocycles. The van der Waals surface area contributed by atoms with Crippen molar-refractivity contribution in [2.45, 2.75) is 33.2 Å². The topological polar surface area (TPSA) is 71.7 Å². The van der Waals surface area contributed by atoms with Crippen molar-refractivity contribution in [3.8, 4) is 0 Å². The summed E-state index contributed by atoms with van der Waals surface area (Å²) in [5, 5.41) is 0. The Hall–Kier alpha value is -3.32. The van der Waals surface area contributed by atoms with Crippen LogP contribution in [0.1, 0.15) is 34.3 Å². The predicted molar refractivity (Wildman–Crippen MR) is 118 cm³/mol. The standard InChI is InChI=1S/C23H21N3O3S/c1-4-10-25-18-11-14(2)15(3)12-19(18)30-23(25)24-22(29)16-6-5-7-17(13-16)26-20(27)8-9-21(26)28/h4-7,11-13H,1,8-10H2,2-3H3. The van der Waals surface area contributed by atoms with E-state index in [2.05, 4.69) is 37.6 Å². The van der Waals surface area contributed by atoms with E-state index >= 15 is 0 Å². The average molecular weight is 420 g/mol. The van der Waals surface area contributed by atoms with Crippen LogP contribution in [-0.2, 0) is 16.1 Å². The van der Waals surface area contributed by atoms with Gasteiger partial charge in [-0.05, 0) is 55.3 Å². The molecule has 7 heteroatoms. The minimum atomic E-state index is -0.422. The van der Waals surface area contributed by atoms with Gasteiger partial charge in [-0.1, -0.05) is 23.5 Å². The number of aromatic nitrogens is 1. The van der Waals surface area contributed by atoms with Crippen LogP contribution in [0.5, 0.6) is 0 Å². The Labute approximate surface area is 177 Å². The van der Waals surface area contributed by atoms with Crippen LogP contribution in [0, 0.1) is 13.8 Å². The van der Waals surface area contributed by atoms with Crippen LogP contribution in [0.25, 0.3) is 10.2 Å². The summed E-state index contributed by atoms with van der Waals surface area (Å²) in [7, 11) is 0. The molecule has 2 aromatic carbocycles. The average Bonchev–Trinajstić information content (AvgIpc) is 3.22. The number of nitrogens with zero attached hydrogens (tertiary/aromatic N) is 3. The number of carbonyl (C=O) groups excluding carboxylic acids is 3. The van der Waals surface area contributed by atoms with Crippen molar-refractivity contribution in [1.82, 2.24) is 4.57 Å². The summed E-state index contributed by atoms with van der Waals surface area (Å²) >= 11 is 1.45. The zero-order chi connectivity index (χ0) is 21.4. The second-order valence-corrected chi connectivity index (χ2v) is 8.29. The molecule has 0 saturated carbocycles. The first kappa shape index (κ1) is 20.0. The highest BCUT2D eigenvalue weighted by Gasteiger charge is 2.30. The number of anilines is 1. The Morgan fingerprint density at radius 1 is 1.13 bits per heavy atom. The zero-order valence-electron chi connectivity index (χ0n) is 16.8. The van der Waals surface area contributed by atoms with E-state index in [0.29, 0.717) is 22.6 Å². The van der Waals surface area contributed by atoms with E-state index in [1.54, 1.807) is 30.3 Å². The van der Waals surface area contributed by atoms with Gasteiger partial charge in [-0.15, -0.1) is 6.58 Å².